The van der Waals surface area contributed by atoms with E-state index in [0.29, 0.717) is 0 Å². The average Bonchev–Trinajstić information content (AvgIpc) is 2.16. The van der Waals surface area contributed by atoms with E-state index >= 15 is 0 Å². The van der Waals surface area contributed by atoms with Gasteiger partial charge < -0.3 is 15.2 Å². The van der Waals surface area contributed by atoms with E-state index in [1.165, 1.54) is 0 Å². The molecular weight excluding hydrogens is 246 g/mol. The van der Waals surface area contributed by atoms with Crippen molar-refractivity contribution >= 4 is 17.0 Å². The lowest BCUT2D eigenvalue weighted by atomic mass is 10.1. The number of halogens is 1. The Bertz CT molecular complexity index is 289. The smallest absolute Gasteiger partial charge is 0.161 e. The van der Waals surface area contributed by atoms with E-state index < -0.39 is 0 Å². The fourth-order valence-corrected chi connectivity index (χ4v) is 1.14. The maximum absolute atomic E-state index is 5.73. The summed E-state index contributed by atoms with van der Waals surface area (Å²) in [5.74, 6) is 1.45. The maximum atomic E-state index is 5.73. The first-order valence-electron chi connectivity index (χ1n) is 4.16. The van der Waals surface area contributed by atoms with Gasteiger partial charge in [-0.1, -0.05) is 6.07 Å². The zero-order valence-electron chi connectivity index (χ0n) is 8.61. The van der Waals surface area contributed by atoms with Crippen LogP contribution in [0.2, 0.25) is 0 Å². The van der Waals surface area contributed by atoms with Crippen LogP contribution in [-0.2, 0) is 0 Å². The van der Waals surface area contributed by atoms with Crippen LogP contribution in [0, 0.1) is 0 Å². The molecular formula is C10H16BrNO2. The van der Waals surface area contributed by atoms with Crippen LogP contribution >= 0.6 is 17.0 Å². The van der Waals surface area contributed by atoms with Crippen LogP contribution in [0.25, 0.3) is 0 Å². The Hall–Kier alpha value is -0.740. The van der Waals surface area contributed by atoms with Gasteiger partial charge in [-0.05, 0) is 24.6 Å². The second-order valence-corrected chi connectivity index (χ2v) is 2.90. The van der Waals surface area contributed by atoms with Crippen LogP contribution < -0.4 is 15.2 Å². The lowest BCUT2D eigenvalue weighted by Crippen LogP contribution is -2.05. The lowest BCUT2D eigenvalue weighted by Gasteiger charge is -2.11. The zero-order valence-corrected chi connectivity index (χ0v) is 10.3. The van der Waals surface area contributed by atoms with Crippen LogP contribution in [0.15, 0.2) is 18.2 Å². The molecule has 14 heavy (non-hydrogen) atoms. The van der Waals surface area contributed by atoms with Crippen molar-refractivity contribution in [1.29, 1.82) is 0 Å². The maximum Gasteiger partial charge on any atom is 0.161 e. The van der Waals surface area contributed by atoms with Crippen molar-refractivity contribution in [2.75, 3.05) is 14.2 Å². The number of ether oxygens (including phenoxy) is 2. The minimum absolute atomic E-state index is 0. The van der Waals surface area contributed by atoms with E-state index in [9.17, 15) is 0 Å². The van der Waals surface area contributed by atoms with Crippen LogP contribution in [0.3, 0.4) is 0 Å². The lowest BCUT2D eigenvalue weighted by molar-refractivity contribution is 0.354. The molecule has 1 unspecified atom stereocenters. The standard InChI is InChI=1S/C10H15NO2.BrH/c1-7(11)8-4-5-9(12-2)10(6-8)13-3;/h4-7H,11H2,1-3H3;1H. The van der Waals surface area contributed by atoms with E-state index in [0.717, 1.165) is 17.1 Å². The molecule has 0 aromatic heterocycles. The van der Waals surface area contributed by atoms with Crippen molar-refractivity contribution in [3.8, 4) is 11.5 Å². The van der Waals surface area contributed by atoms with Crippen LogP contribution in [0.1, 0.15) is 18.5 Å². The Morgan fingerprint density at radius 3 is 2.14 bits per heavy atom. The third kappa shape index (κ3) is 2.89. The number of benzene rings is 1. The predicted octanol–water partition coefficient (Wildman–Crippen LogP) is 2.30. The molecule has 0 heterocycles. The van der Waals surface area contributed by atoms with Crippen LogP contribution in [0.5, 0.6) is 11.5 Å². The summed E-state index contributed by atoms with van der Waals surface area (Å²) in [5.41, 5.74) is 6.77. The largest absolute Gasteiger partial charge is 0.493 e. The van der Waals surface area contributed by atoms with Gasteiger partial charge in [0.05, 0.1) is 14.2 Å². The van der Waals surface area contributed by atoms with Gasteiger partial charge in [0.1, 0.15) is 0 Å². The Morgan fingerprint density at radius 1 is 1.14 bits per heavy atom. The SMILES string of the molecule is Br.COc1ccc(C(C)N)cc1OC. The van der Waals surface area contributed by atoms with E-state index in [4.69, 9.17) is 15.2 Å². The predicted molar refractivity (Wildman–Crippen MR) is 62.5 cm³/mol. The summed E-state index contributed by atoms with van der Waals surface area (Å²) in [6.07, 6.45) is 0. The summed E-state index contributed by atoms with van der Waals surface area (Å²) >= 11 is 0. The minimum atomic E-state index is 0. The molecule has 4 heteroatoms. The molecule has 0 saturated carbocycles. The molecule has 1 atom stereocenters. The Labute approximate surface area is 95.0 Å². The van der Waals surface area contributed by atoms with Gasteiger partial charge in [0.2, 0.25) is 0 Å². The molecule has 0 fully saturated rings. The first-order valence-corrected chi connectivity index (χ1v) is 4.16. The Balaban J connectivity index is 0.00000169. The summed E-state index contributed by atoms with van der Waals surface area (Å²) < 4.78 is 10.3. The highest BCUT2D eigenvalue weighted by molar-refractivity contribution is 8.93. The number of hydrogen-bond donors (Lipinski definition) is 1. The number of hydrogen-bond acceptors (Lipinski definition) is 3. The first-order chi connectivity index (χ1) is 6.19. The Morgan fingerprint density at radius 2 is 1.71 bits per heavy atom. The van der Waals surface area contributed by atoms with Gasteiger partial charge in [-0.15, -0.1) is 17.0 Å². The minimum Gasteiger partial charge on any atom is -0.493 e. The van der Waals surface area contributed by atoms with Gasteiger partial charge in [0.15, 0.2) is 11.5 Å². The summed E-state index contributed by atoms with van der Waals surface area (Å²) in [6.45, 7) is 1.93. The summed E-state index contributed by atoms with van der Waals surface area (Å²) in [4.78, 5) is 0. The highest BCUT2D eigenvalue weighted by atomic mass is 79.9. The molecule has 0 aliphatic carbocycles. The topological polar surface area (TPSA) is 44.5 Å². The third-order valence-electron chi connectivity index (χ3n) is 1.93. The number of nitrogens with two attached hydrogens (primary N) is 1. The second-order valence-electron chi connectivity index (χ2n) is 2.90. The van der Waals surface area contributed by atoms with E-state index in [1.54, 1.807) is 14.2 Å². The highest BCUT2D eigenvalue weighted by Gasteiger charge is 2.06. The summed E-state index contributed by atoms with van der Waals surface area (Å²) in [7, 11) is 3.23. The van der Waals surface area contributed by atoms with Gasteiger partial charge >= 0.3 is 0 Å². The normalized spacial score (nSPS) is 11.4. The number of rotatable bonds is 3. The molecule has 0 radical (unpaired) electrons. The summed E-state index contributed by atoms with van der Waals surface area (Å²) in [6, 6.07) is 5.70. The zero-order chi connectivity index (χ0) is 9.84. The molecule has 1 aromatic rings. The number of methoxy groups -OCH3 is 2. The van der Waals surface area contributed by atoms with Crippen molar-refractivity contribution in [1.82, 2.24) is 0 Å². The molecule has 2 N–H and O–H groups in total. The molecule has 80 valence electrons. The highest BCUT2D eigenvalue weighted by Crippen LogP contribution is 2.29. The van der Waals surface area contributed by atoms with Gasteiger partial charge in [0, 0.05) is 6.04 Å². The van der Waals surface area contributed by atoms with Crippen molar-refractivity contribution in [2.45, 2.75) is 13.0 Å². The average molecular weight is 262 g/mol. The molecule has 0 bridgehead atoms. The van der Waals surface area contributed by atoms with Gasteiger partial charge in [0.25, 0.3) is 0 Å². The second kappa shape index (κ2) is 5.88. The monoisotopic (exact) mass is 261 g/mol. The van der Waals surface area contributed by atoms with Crippen LogP contribution in [0.4, 0.5) is 0 Å². The third-order valence-corrected chi connectivity index (χ3v) is 1.93. The van der Waals surface area contributed by atoms with Crippen molar-refractivity contribution < 1.29 is 9.47 Å². The van der Waals surface area contributed by atoms with Crippen molar-refractivity contribution in [2.24, 2.45) is 5.73 Å². The Kier molecular flexibility index (Phi) is 5.57. The van der Waals surface area contributed by atoms with Crippen LogP contribution in [-0.4, -0.2) is 14.2 Å². The van der Waals surface area contributed by atoms with Gasteiger partial charge in [-0.3, -0.25) is 0 Å². The van der Waals surface area contributed by atoms with E-state index in [1.807, 2.05) is 25.1 Å². The molecule has 3 nitrogen and oxygen atoms in total. The molecule has 1 rings (SSSR count). The van der Waals surface area contributed by atoms with Gasteiger partial charge in [-0.2, -0.15) is 0 Å². The quantitative estimate of drug-likeness (QED) is 0.909. The first kappa shape index (κ1) is 13.3. The molecule has 0 saturated heterocycles. The molecule has 0 aliphatic heterocycles. The van der Waals surface area contributed by atoms with Crippen molar-refractivity contribution in [3.63, 3.8) is 0 Å². The van der Waals surface area contributed by atoms with E-state index in [-0.39, 0.29) is 23.0 Å². The van der Waals surface area contributed by atoms with E-state index in [2.05, 4.69) is 0 Å². The molecule has 0 amide bonds. The molecule has 1 aromatic carbocycles. The molecule has 0 aliphatic rings. The fourth-order valence-electron chi connectivity index (χ4n) is 1.14. The fraction of sp³-hybridized carbons (Fsp3) is 0.400. The molecule has 0 spiro atoms. The van der Waals surface area contributed by atoms with Crippen molar-refractivity contribution in [3.05, 3.63) is 23.8 Å². The summed E-state index contributed by atoms with van der Waals surface area (Å²) in [5, 5.41) is 0. The van der Waals surface area contributed by atoms with Gasteiger partial charge in [-0.25, -0.2) is 0 Å².